The average Bonchev–Trinajstić information content (AvgIpc) is 2.91. The Morgan fingerprint density at radius 1 is 0.865 bits per heavy atom. The summed E-state index contributed by atoms with van der Waals surface area (Å²) in [4.78, 5) is 17.3. The Morgan fingerprint density at radius 2 is 1.41 bits per heavy atom. The third-order valence-electron chi connectivity index (χ3n) is 6.06. The highest BCUT2D eigenvalue weighted by Crippen LogP contribution is 2.41. The molecule has 0 fully saturated rings. The summed E-state index contributed by atoms with van der Waals surface area (Å²) in [5.74, 6) is -0.113. The number of nitriles is 1. The second kappa shape index (κ2) is 14.1. The summed E-state index contributed by atoms with van der Waals surface area (Å²) in [6, 6.07) is 25.8. The lowest BCUT2D eigenvalue weighted by Gasteiger charge is -2.33. The van der Waals surface area contributed by atoms with Crippen LogP contribution in [0.25, 0.3) is 11.1 Å². The van der Waals surface area contributed by atoms with Gasteiger partial charge in [-0.3, -0.25) is 4.99 Å². The topological polar surface area (TPSA) is 79.2 Å². The van der Waals surface area contributed by atoms with Crippen LogP contribution in [-0.4, -0.2) is 12.1 Å². The molecule has 0 saturated carbocycles. The summed E-state index contributed by atoms with van der Waals surface area (Å²) in [5, 5.41) is 9.27. The summed E-state index contributed by atoms with van der Waals surface area (Å²) in [6.07, 6.45) is 0.960. The second-order valence-corrected chi connectivity index (χ2v) is 9.66. The number of benzene rings is 3. The third-order valence-corrected chi connectivity index (χ3v) is 6.06. The highest BCUT2D eigenvalue weighted by atomic mass is 16.1. The van der Waals surface area contributed by atoms with Crippen LogP contribution in [0.1, 0.15) is 90.5 Å². The van der Waals surface area contributed by atoms with E-state index in [4.69, 9.17) is 10.7 Å². The Labute approximate surface area is 224 Å². The van der Waals surface area contributed by atoms with Crippen molar-refractivity contribution in [3.8, 4) is 17.2 Å². The largest absolute Gasteiger partial charge is 0.388 e. The van der Waals surface area contributed by atoms with E-state index in [2.05, 4.69) is 39.0 Å². The fourth-order valence-corrected chi connectivity index (χ4v) is 4.19. The predicted molar refractivity (Wildman–Crippen MR) is 158 cm³/mol. The summed E-state index contributed by atoms with van der Waals surface area (Å²) < 4.78 is 0. The van der Waals surface area contributed by atoms with Crippen LogP contribution in [0.4, 0.5) is 0 Å². The molecule has 4 heteroatoms. The van der Waals surface area contributed by atoms with Crippen molar-refractivity contribution in [3.05, 3.63) is 95.1 Å². The molecule has 0 aliphatic heterocycles. The SMILES string of the molecule is CC.CC.CC(N)=NC(C)(c1cccc(-c2cccc(C#N)c2)c1)C(C=O)c1ccc(C(C)(C)C)cc1. The zero-order chi connectivity index (χ0) is 28.2. The Kier molecular flexibility index (Phi) is 12.0. The Balaban J connectivity index is 0.00000163. The normalized spacial score (nSPS) is 13.5. The van der Waals surface area contributed by atoms with E-state index in [-0.39, 0.29) is 5.41 Å². The van der Waals surface area contributed by atoms with Gasteiger partial charge in [0.2, 0.25) is 0 Å². The molecule has 4 nitrogen and oxygen atoms in total. The zero-order valence-electron chi connectivity index (χ0n) is 24.0. The number of aliphatic imine (C=N–C) groups is 1. The van der Waals surface area contributed by atoms with Gasteiger partial charge < -0.3 is 10.5 Å². The second-order valence-electron chi connectivity index (χ2n) is 9.66. The minimum absolute atomic E-state index is 0.0246. The lowest BCUT2D eigenvalue weighted by Crippen LogP contribution is -2.32. The Morgan fingerprint density at radius 3 is 1.89 bits per heavy atom. The number of rotatable bonds is 6. The van der Waals surface area contributed by atoms with Gasteiger partial charge in [0.1, 0.15) is 6.29 Å². The van der Waals surface area contributed by atoms with Crippen LogP contribution in [-0.2, 0) is 15.7 Å². The molecule has 0 heterocycles. The van der Waals surface area contributed by atoms with Crippen molar-refractivity contribution in [3.63, 3.8) is 0 Å². The quantitative estimate of drug-likeness (QED) is 0.212. The number of nitrogens with two attached hydrogens (primary N) is 1. The molecule has 0 amide bonds. The van der Waals surface area contributed by atoms with E-state index in [0.29, 0.717) is 11.4 Å². The highest BCUT2D eigenvalue weighted by molar-refractivity contribution is 5.79. The van der Waals surface area contributed by atoms with Gasteiger partial charge in [-0.05, 0) is 65.3 Å². The van der Waals surface area contributed by atoms with Gasteiger partial charge in [0.05, 0.1) is 28.9 Å². The van der Waals surface area contributed by atoms with Crippen molar-refractivity contribution in [2.45, 2.75) is 79.2 Å². The van der Waals surface area contributed by atoms with Crippen molar-refractivity contribution in [1.29, 1.82) is 5.26 Å². The zero-order valence-corrected chi connectivity index (χ0v) is 24.0. The molecule has 2 unspecified atom stereocenters. The van der Waals surface area contributed by atoms with E-state index in [9.17, 15) is 10.1 Å². The molecule has 0 aliphatic carbocycles. The molecule has 3 rings (SSSR count). The van der Waals surface area contributed by atoms with Gasteiger partial charge in [0, 0.05) is 0 Å². The van der Waals surface area contributed by atoms with Crippen LogP contribution < -0.4 is 5.73 Å². The molecule has 0 saturated heterocycles. The first kappa shape index (κ1) is 31.3. The first-order valence-corrected chi connectivity index (χ1v) is 13.1. The number of nitrogens with zero attached hydrogens (tertiary/aromatic N) is 2. The summed E-state index contributed by atoms with van der Waals surface area (Å²) in [6.45, 7) is 18.2. The van der Waals surface area contributed by atoms with Crippen LogP contribution in [0.15, 0.2) is 77.8 Å². The van der Waals surface area contributed by atoms with Gasteiger partial charge in [0.15, 0.2) is 0 Å². The van der Waals surface area contributed by atoms with Crippen LogP contribution >= 0.6 is 0 Å². The fourth-order valence-electron chi connectivity index (χ4n) is 4.19. The Hall–Kier alpha value is -3.71. The van der Waals surface area contributed by atoms with Crippen molar-refractivity contribution in [1.82, 2.24) is 0 Å². The van der Waals surface area contributed by atoms with Crippen molar-refractivity contribution >= 4 is 12.1 Å². The van der Waals surface area contributed by atoms with Crippen LogP contribution in [0.5, 0.6) is 0 Å². The molecule has 2 N–H and O–H groups in total. The number of hydrogen-bond donors (Lipinski definition) is 1. The van der Waals surface area contributed by atoms with Gasteiger partial charge >= 0.3 is 0 Å². The third kappa shape index (κ3) is 7.89. The molecule has 0 bridgehead atoms. The molecule has 37 heavy (non-hydrogen) atoms. The summed E-state index contributed by atoms with van der Waals surface area (Å²) in [7, 11) is 0. The average molecular weight is 498 g/mol. The molecule has 3 aromatic rings. The van der Waals surface area contributed by atoms with Crippen LogP contribution in [0.3, 0.4) is 0 Å². The lowest BCUT2D eigenvalue weighted by molar-refractivity contribution is -0.110. The van der Waals surface area contributed by atoms with Gasteiger partial charge in [0.25, 0.3) is 0 Å². The number of amidine groups is 1. The first-order valence-electron chi connectivity index (χ1n) is 13.1. The van der Waals surface area contributed by atoms with E-state index in [0.717, 1.165) is 28.5 Å². The molecule has 0 spiro atoms. The van der Waals surface area contributed by atoms with Gasteiger partial charge in [-0.2, -0.15) is 5.26 Å². The van der Waals surface area contributed by atoms with Crippen LogP contribution in [0, 0.1) is 11.3 Å². The highest BCUT2D eigenvalue weighted by Gasteiger charge is 2.37. The maximum atomic E-state index is 12.5. The number of carbonyl (C=O) groups is 1. The van der Waals surface area contributed by atoms with Crippen molar-refractivity contribution < 1.29 is 4.79 Å². The van der Waals surface area contributed by atoms with Gasteiger partial charge in [-0.25, -0.2) is 0 Å². The summed E-state index contributed by atoms with van der Waals surface area (Å²) >= 11 is 0. The maximum absolute atomic E-state index is 12.5. The van der Waals surface area contributed by atoms with Crippen LogP contribution in [0.2, 0.25) is 0 Å². The van der Waals surface area contributed by atoms with Gasteiger partial charge in [-0.15, -0.1) is 0 Å². The summed E-state index contributed by atoms with van der Waals surface area (Å²) in [5.41, 5.74) is 10.6. The number of carbonyl (C=O) groups excluding carboxylic acids is 1. The molecule has 0 aromatic heterocycles. The molecule has 3 aromatic carbocycles. The van der Waals surface area contributed by atoms with E-state index in [1.807, 2.05) is 89.2 Å². The molecular weight excluding hydrogens is 454 g/mol. The number of hydrogen-bond acceptors (Lipinski definition) is 3. The Bertz CT molecular complexity index is 1210. The first-order chi connectivity index (χ1) is 17.6. The molecular formula is C33H43N3O. The maximum Gasteiger partial charge on any atom is 0.130 e. The van der Waals surface area contributed by atoms with E-state index >= 15 is 0 Å². The minimum Gasteiger partial charge on any atom is -0.388 e. The molecule has 0 aliphatic rings. The standard InChI is InChI=1S/C29H31N3O.2C2H6/c1-20(31)32-29(5,27(19-33)22-12-14-25(15-13-22)28(2,3)4)26-11-7-10-24(17-26)23-9-6-8-21(16-23)18-30;2*1-2/h6-17,19,27H,1-5H3,(H2,31,32);2*1-2H3. The predicted octanol–water partition coefficient (Wildman–Crippen LogP) is 8.15. The molecule has 2 atom stereocenters. The van der Waals surface area contributed by atoms with E-state index in [1.165, 1.54) is 5.56 Å². The number of aldehydes is 1. The van der Waals surface area contributed by atoms with E-state index in [1.54, 1.807) is 13.0 Å². The molecule has 0 radical (unpaired) electrons. The smallest absolute Gasteiger partial charge is 0.130 e. The van der Waals surface area contributed by atoms with E-state index < -0.39 is 11.5 Å². The minimum atomic E-state index is -0.896. The monoisotopic (exact) mass is 497 g/mol. The lowest BCUT2D eigenvalue weighted by atomic mass is 9.75. The fraction of sp³-hybridized carbons (Fsp3) is 0.364. The van der Waals surface area contributed by atoms with Crippen molar-refractivity contribution in [2.75, 3.05) is 0 Å². The van der Waals surface area contributed by atoms with Gasteiger partial charge in [-0.1, -0.05) is 103 Å². The molecule has 196 valence electrons. The van der Waals surface area contributed by atoms with Crippen molar-refractivity contribution in [2.24, 2.45) is 10.7 Å².